The van der Waals surface area contributed by atoms with Gasteiger partial charge in [-0.2, -0.15) is 0 Å². The fourth-order valence-electron chi connectivity index (χ4n) is 2.56. The minimum Gasteiger partial charge on any atom is -0.493 e. The molecule has 0 saturated heterocycles. The van der Waals surface area contributed by atoms with E-state index < -0.39 is 11.9 Å². The number of imide groups is 1. The number of carbonyl (C=O) groups is 3. The highest BCUT2D eigenvalue weighted by Gasteiger charge is 2.33. The second kappa shape index (κ2) is 7.78. The summed E-state index contributed by atoms with van der Waals surface area (Å²) in [6.07, 6.45) is 0.407. The monoisotopic (exact) mass is 347 g/mol. The number of hydrogen-bond donors (Lipinski definition) is 1. The Balaban J connectivity index is 1.98. The standard InChI is InChI=1S/C17H21N3O5/c1-10-12(16(22)20(2)17(23)18-10)6-8-15(21)19-11-5-7-13(24-3)14(9-11)25-4/h5,7,9,12H,6,8H2,1-4H3,(H,19,21). The lowest BCUT2D eigenvalue weighted by atomic mass is 9.95. The third-order valence-electron chi connectivity index (χ3n) is 4.02. The summed E-state index contributed by atoms with van der Waals surface area (Å²) < 4.78 is 10.3. The maximum atomic E-state index is 12.2. The van der Waals surface area contributed by atoms with E-state index in [2.05, 4.69) is 10.3 Å². The Kier molecular flexibility index (Phi) is 5.74. The van der Waals surface area contributed by atoms with Gasteiger partial charge in [0, 0.05) is 30.9 Å². The summed E-state index contributed by atoms with van der Waals surface area (Å²) in [6.45, 7) is 1.62. The Hall–Kier alpha value is -2.90. The molecule has 0 aromatic heterocycles. The lowest BCUT2D eigenvalue weighted by molar-refractivity contribution is -0.129. The molecule has 1 atom stereocenters. The number of ether oxygens (including phenoxy) is 2. The van der Waals surface area contributed by atoms with Crippen molar-refractivity contribution in [1.82, 2.24) is 4.90 Å². The van der Waals surface area contributed by atoms with Crippen LogP contribution in [-0.2, 0) is 9.59 Å². The molecule has 1 aliphatic heterocycles. The fraction of sp³-hybridized carbons (Fsp3) is 0.412. The van der Waals surface area contributed by atoms with Gasteiger partial charge in [0.15, 0.2) is 11.5 Å². The van der Waals surface area contributed by atoms with Gasteiger partial charge in [-0.05, 0) is 25.5 Å². The largest absolute Gasteiger partial charge is 0.493 e. The van der Waals surface area contributed by atoms with Gasteiger partial charge in [-0.25, -0.2) is 9.79 Å². The van der Waals surface area contributed by atoms with Crippen molar-refractivity contribution in [2.24, 2.45) is 10.9 Å². The smallest absolute Gasteiger partial charge is 0.349 e. The Morgan fingerprint density at radius 3 is 2.56 bits per heavy atom. The topological polar surface area (TPSA) is 97.3 Å². The highest BCUT2D eigenvalue weighted by Crippen LogP contribution is 2.30. The molecule has 1 unspecified atom stereocenters. The SMILES string of the molecule is COc1ccc(NC(=O)CCC2C(=O)N(C)C(=O)N=C2C)cc1OC. The number of carbonyl (C=O) groups excluding carboxylic acids is 3. The molecule has 25 heavy (non-hydrogen) atoms. The predicted octanol–water partition coefficient (Wildman–Crippen LogP) is 2.09. The molecule has 1 heterocycles. The summed E-state index contributed by atoms with van der Waals surface area (Å²) in [5.74, 6) is -0.0682. The van der Waals surface area contributed by atoms with Gasteiger partial charge in [0.25, 0.3) is 0 Å². The normalized spacial score (nSPS) is 17.2. The average molecular weight is 347 g/mol. The van der Waals surface area contributed by atoms with E-state index in [-0.39, 0.29) is 24.7 Å². The molecule has 0 radical (unpaired) electrons. The van der Waals surface area contributed by atoms with E-state index >= 15 is 0 Å². The van der Waals surface area contributed by atoms with Crippen LogP contribution in [0.15, 0.2) is 23.2 Å². The van der Waals surface area contributed by atoms with Crippen molar-refractivity contribution in [3.05, 3.63) is 18.2 Å². The highest BCUT2D eigenvalue weighted by molar-refractivity contribution is 6.15. The molecule has 0 spiro atoms. The van der Waals surface area contributed by atoms with Crippen LogP contribution in [0.2, 0.25) is 0 Å². The number of methoxy groups -OCH3 is 2. The van der Waals surface area contributed by atoms with E-state index in [9.17, 15) is 14.4 Å². The third-order valence-corrected chi connectivity index (χ3v) is 4.02. The molecule has 4 amide bonds. The molecule has 1 N–H and O–H groups in total. The van der Waals surface area contributed by atoms with Gasteiger partial charge in [0.05, 0.1) is 20.1 Å². The molecular formula is C17H21N3O5. The number of anilines is 1. The van der Waals surface area contributed by atoms with E-state index in [1.165, 1.54) is 21.3 Å². The Morgan fingerprint density at radius 2 is 1.92 bits per heavy atom. The van der Waals surface area contributed by atoms with Gasteiger partial charge < -0.3 is 14.8 Å². The quantitative estimate of drug-likeness (QED) is 0.850. The van der Waals surface area contributed by atoms with Gasteiger partial charge in [-0.1, -0.05) is 0 Å². The molecule has 134 valence electrons. The fourth-order valence-corrected chi connectivity index (χ4v) is 2.56. The second-order valence-corrected chi connectivity index (χ2v) is 5.64. The number of hydrogen-bond acceptors (Lipinski definition) is 5. The summed E-state index contributed by atoms with van der Waals surface area (Å²) in [5, 5.41) is 2.75. The van der Waals surface area contributed by atoms with Gasteiger partial charge in [0.2, 0.25) is 11.8 Å². The zero-order valence-electron chi connectivity index (χ0n) is 14.7. The number of aliphatic imine (C=N–C) groups is 1. The minimum absolute atomic E-state index is 0.125. The van der Waals surface area contributed by atoms with Crippen LogP contribution in [0.5, 0.6) is 11.5 Å². The van der Waals surface area contributed by atoms with Crippen LogP contribution in [0.4, 0.5) is 10.5 Å². The lowest BCUT2D eigenvalue weighted by Crippen LogP contribution is -2.43. The second-order valence-electron chi connectivity index (χ2n) is 5.64. The van der Waals surface area contributed by atoms with Crippen molar-refractivity contribution in [2.45, 2.75) is 19.8 Å². The molecule has 8 nitrogen and oxygen atoms in total. The Labute approximate surface area is 145 Å². The number of nitrogens with one attached hydrogen (secondary N) is 1. The van der Waals surface area contributed by atoms with Gasteiger partial charge in [-0.15, -0.1) is 0 Å². The minimum atomic E-state index is -0.575. The highest BCUT2D eigenvalue weighted by atomic mass is 16.5. The first kappa shape index (κ1) is 18.4. The first-order valence-corrected chi connectivity index (χ1v) is 7.76. The van der Waals surface area contributed by atoms with E-state index in [4.69, 9.17) is 9.47 Å². The third kappa shape index (κ3) is 4.14. The molecule has 0 saturated carbocycles. The van der Waals surface area contributed by atoms with Crippen molar-refractivity contribution in [3.8, 4) is 11.5 Å². The predicted molar refractivity (Wildman–Crippen MR) is 92.2 cm³/mol. The number of rotatable bonds is 6. The maximum Gasteiger partial charge on any atom is 0.349 e. The van der Waals surface area contributed by atoms with E-state index in [0.717, 1.165) is 4.90 Å². The van der Waals surface area contributed by atoms with Crippen LogP contribution in [0, 0.1) is 5.92 Å². The van der Waals surface area contributed by atoms with E-state index in [1.54, 1.807) is 25.1 Å². The molecule has 1 aliphatic rings. The maximum absolute atomic E-state index is 12.2. The molecule has 2 rings (SSSR count). The number of urea groups is 1. The molecule has 8 heteroatoms. The molecule has 0 aliphatic carbocycles. The van der Waals surface area contributed by atoms with Crippen molar-refractivity contribution in [2.75, 3.05) is 26.6 Å². The zero-order chi connectivity index (χ0) is 18.6. The summed E-state index contributed by atoms with van der Waals surface area (Å²) >= 11 is 0. The van der Waals surface area contributed by atoms with Crippen LogP contribution in [0.3, 0.4) is 0 Å². The first-order chi connectivity index (χ1) is 11.9. The van der Waals surface area contributed by atoms with Gasteiger partial charge in [0.1, 0.15) is 0 Å². The summed E-state index contributed by atoms with van der Waals surface area (Å²) in [6, 6.07) is 4.47. The number of amides is 4. The van der Waals surface area contributed by atoms with Crippen LogP contribution in [0.1, 0.15) is 19.8 Å². The van der Waals surface area contributed by atoms with Crippen LogP contribution in [-0.4, -0.2) is 49.7 Å². The van der Waals surface area contributed by atoms with Crippen LogP contribution >= 0.6 is 0 Å². The van der Waals surface area contributed by atoms with Gasteiger partial charge in [-0.3, -0.25) is 14.5 Å². The van der Waals surface area contributed by atoms with Crippen molar-refractivity contribution >= 4 is 29.2 Å². The number of nitrogens with zero attached hydrogens (tertiary/aromatic N) is 2. The van der Waals surface area contributed by atoms with Gasteiger partial charge >= 0.3 is 6.03 Å². The molecule has 1 aromatic rings. The molecule has 0 fully saturated rings. The Morgan fingerprint density at radius 1 is 1.24 bits per heavy atom. The summed E-state index contributed by atoms with van der Waals surface area (Å²) in [4.78, 5) is 40.6. The van der Waals surface area contributed by atoms with Crippen molar-refractivity contribution in [1.29, 1.82) is 0 Å². The van der Waals surface area contributed by atoms with Crippen molar-refractivity contribution in [3.63, 3.8) is 0 Å². The number of benzene rings is 1. The van der Waals surface area contributed by atoms with Crippen LogP contribution < -0.4 is 14.8 Å². The summed E-state index contributed by atoms with van der Waals surface area (Å²) in [5.41, 5.74) is 1.00. The first-order valence-electron chi connectivity index (χ1n) is 7.76. The van der Waals surface area contributed by atoms with E-state index in [0.29, 0.717) is 22.9 Å². The average Bonchev–Trinajstić information content (AvgIpc) is 2.59. The van der Waals surface area contributed by atoms with Crippen LogP contribution in [0.25, 0.3) is 0 Å². The van der Waals surface area contributed by atoms with E-state index in [1.807, 2.05) is 0 Å². The summed E-state index contributed by atoms with van der Waals surface area (Å²) in [7, 11) is 4.43. The zero-order valence-corrected chi connectivity index (χ0v) is 14.7. The molecule has 1 aromatic carbocycles. The molecular weight excluding hydrogens is 326 g/mol. The van der Waals surface area contributed by atoms with Crippen molar-refractivity contribution < 1.29 is 23.9 Å². The Bertz CT molecular complexity index is 729. The lowest BCUT2D eigenvalue weighted by Gasteiger charge is -2.25. The molecule has 0 bridgehead atoms.